The molecule has 1 aliphatic carbocycles. The first-order chi connectivity index (χ1) is 9.07. The minimum Gasteiger partial charge on any atom is -0.389 e. The Labute approximate surface area is 121 Å². The average molecular weight is 281 g/mol. The number of aliphatic hydroxyl groups is 1. The molecule has 0 spiro atoms. The van der Waals surface area contributed by atoms with E-state index in [0.29, 0.717) is 6.04 Å². The van der Waals surface area contributed by atoms with Gasteiger partial charge in [-0.25, -0.2) is 0 Å². The van der Waals surface area contributed by atoms with Crippen LogP contribution < -0.4 is 5.32 Å². The Bertz CT molecular complexity index is 380. The summed E-state index contributed by atoms with van der Waals surface area (Å²) in [7, 11) is 0. The van der Waals surface area contributed by atoms with Crippen molar-refractivity contribution < 1.29 is 5.11 Å². The van der Waals surface area contributed by atoms with Crippen LogP contribution in [-0.2, 0) is 6.42 Å². The summed E-state index contributed by atoms with van der Waals surface area (Å²) in [5, 5.41) is 14.1. The predicted molar refractivity (Wildman–Crippen MR) is 82.9 cm³/mol. The van der Waals surface area contributed by atoms with Crippen molar-refractivity contribution in [2.75, 3.05) is 6.54 Å². The van der Waals surface area contributed by atoms with Gasteiger partial charge in [-0.05, 0) is 45.2 Å². The van der Waals surface area contributed by atoms with Crippen LogP contribution in [0.2, 0.25) is 0 Å². The van der Waals surface area contributed by atoms with E-state index >= 15 is 0 Å². The van der Waals surface area contributed by atoms with Gasteiger partial charge in [-0.2, -0.15) is 0 Å². The summed E-state index contributed by atoms with van der Waals surface area (Å²) in [4.78, 5) is 2.81. The molecule has 3 heteroatoms. The van der Waals surface area contributed by atoms with Crippen molar-refractivity contribution >= 4 is 11.3 Å². The zero-order valence-corrected chi connectivity index (χ0v) is 13.1. The fraction of sp³-hybridized carbons (Fsp3) is 0.750. The van der Waals surface area contributed by atoms with Crippen LogP contribution in [0.1, 0.15) is 55.2 Å². The van der Waals surface area contributed by atoms with Crippen LogP contribution in [0.25, 0.3) is 0 Å². The second kappa shape index (κ2) is 6.87. The lowest BCUT2D eigenvalue weighted by Gasteiger charge is -2.28. The van der Waals surface area contributed by atoms with Crippen LogP contribution >= 0.6 is 11.3 Å². The van der Waals surface area contributed by atoms with Crippen LogP contribution in [-0.4, -0.2) is 23.3 Å². The molecule has 1 aromatic rings. The molecular formula is C16H27NOS. The van der Waals surface area contributed by atoms with Gasteiger partial charge in [0.2, 0.25) is 0 Å². The Balaban J connectivity index is 1.77. The van der Waals surface area contributed by atoms with Crippen molar-refractivity contribution in [1.29, 1.82) is 0 Å². The summed E-state index contributed by atoms with van der Waals surface area (Å²) in [5.74, 6) is 0. The van der Waals surface area contributed by atoms with Gasteiger partial charge in [0.05, 0.1) is 5.60 Å². The summed E-state index contributed by atoms with van der Waals surface area (Å²) >= 11 is 1.88. The third kappa shape index (κ3) is 4.90. The van der Waals surface area contributed by atoms with Gasteiger partial charge in [-0.3, -0.25) is 0 Å². The number of nitrogens with one attached hydrogen (secondary N) is 1. The number of aryl methyl sites for hydroxylation is 1. The standard InChI is InChI=1S/C16H27NOS/c1-13(11-15-8-7-14(2)19-15)17-12-16(18)9-5-3-4-6-10-16/h7-8,13,17-18H,3-6,9-12H2,1-2H3. The Morgan fingerprint density at radius 2 is 1.95 bits per heavy atom. The molecule has 1 unspecified atom stereocenters. The molecular weight excluding hydrogens is 254 g/mol. The topological polar surface area (TPSA) is 32.3 Å². The van der Waals surface area contributed by atoms with E-state index in [9.17, 15) is 5.11 Å². The second-order valence-electron chi connectivity index (χ2n) is 6.14. The first-order valence-electron chi connectivity index (χ1n) is 7.58. The van der Waals surface area contributed by atoms with Gasteiger partial charge in [-0.15, -0.1) is 11.3 Å². The van der Waals surface area contributed by atoms with Gasteiger partial charge >= 0.3 is 0 Å². The van der Waals surface area contributed by atoms with Gasteiger partial charge in [0.1, 0.15) is 0 Å². The minimum absolute atomic E-state index is 0.435. The number of hydrogen-bond acceptors (Lipinski definition) is 3. The SMILES string of the molecule is Cc1ccc(CC(C)NCC2(O)CCCCCC2)s1. The van der Waals surface area contributed by atoms with E-state index in [1.54, 1.807) is 0 Å². The summed E-state index contributed by atoms with van der Waals surface area (Å²) in [5.41, 5.74) is -0.462. The molecule has 2 nitrogen and oxygen atoms in total. The van der Waals surface area contributed by atoms with Crippen molar-refractivity contribution in [2.24, 2.45) is 0 Å². The summed E-state index contributed by atoms with van der Waals surface area (Å²) in [6.45, 7) is 5.12. The lowest BCUT2D eigenvalue weighted by atomic mass is 9.94. The van der Waals surface area contributed by atoms with Crippen molar-refractivity contribution in [3.05, 3.63) is 21.9 Å². The van der Waals surface area contributed by atoms with Gasteiger partial charge in [0.15, 0.2) is 0 Å². The molecule has 2 rings (SSSR count). The first-order valence-corrected chi connectivity index (χ1v) is 8.40. The molecule has 0 radical (unpaired) electrons. The van der Waals surface area contributed by atoms with Crippen molar-refractivity contribution in [3.8, 4) is 0 Å². The minimum atomic E-state index is -0.462. The Morgan fingerprint density at radius 1 is 1.26 bits per heavy atom. The van der Waals surface area contributed by atoms with E-state index in [2.05, 4.69) is 31.3 Å². The maximum atomic E-state index is 10.6. The average Bonchev–Trinajstić information content (AvgIpc) is 2.64. The summed E-state index contributed by atoms with van der Waals surface area (Å²) in [6.07, 6.45) is 7.91. The summed E-state index contributed by atoms with van der Waals surface area (Å²) in [6, 6.07) is 4.84. The summed E-state index contributed by atoms with van der Waals surface area (Å²) < 4.78 is 0. The van der Waals surface area contributed by atoms with E-state index < -0.39 is 5.60 Å². The quantitative estimate of drug-likeness (QED) is 0.807. The van der Waals surface area contributed by atoms with Crippen LogP contribution in [0.5, 0.6) is 0 Å². The molecule has 0 bridgehead atoms. The van der Waals surface area contributed by atoms with Crippen LogP contribution in [0.3, 0.4) is 0 Å². The van der Waals surface area contributed by atoms with Gasteiger partial charge in [0, 0.05) is 22.3 Å². The Morgan fingerprint density at radius 3 is 2.53 bits per heavy atom. The predicted octanol–water partition coefficient (Wildman–Crippen LogP) is 3.66. The smallest absolute Gasteiger partial charge is 0.0771 e. The molecule has 1 atom stereocenters. The lowest BCUT2D eigenvalue weighted by molar-refractivity contribution is 0.0232. The molecule has 0 aromatic carbocycles. The normalized spacial score (nSPS) is 21.0. The zero-order valence-electron chi connectivity index (χ0n) is 12.2. The number of thiophene rings is 1. The van der Waals surface area contributed by atoms with Crippen LogP contribution in [0.4, 0.5) is 0 Å². The third-order valence-corrected chi connectivity index (χ3v) is 5.14. The van der Waals surface area contributed by atoms with Crippen LogP contribution in [0.15, 0.2) is 12.1 Å². The number of rotatable bonds is 5. The first kappa shape index (κ1) is 15.0. The molecule has 1 heterocycles. The van der Waals surface area contributed by atoms with E-state index in [1.807, 2.05) is 11.3 Å². The molecule has 0 saturated heterocycles. The van der Waals surface area contributed by atoms with E-state index in [1.165, 1.54) is 35.4 Å². The molecule has 0 aliphatic heterocycles. The van der Waals surface area contributed by atoms with Gasteiger partial charge < -0.3 is 10.4 Å². The highest BCUT2D eigenvalue weighted by atomic mass is 32.1. The maximum Gasteiger partial charge on any atom is 0.0771 e. The second-order valence-corrected chi connectivity index (χ2v) is 7.51. The van der Waals surface area contributed by atoms with E-state index in [4.69, 9.17) is 0 Å². The molecule has 1 fully saturated rings. The molecule has 108 valence electrons. The molecule has 2 N–H and O–H groups in total. The number of hydrogen-bond donors (Lipinski definition) is 2. The molecule has 1 aromatic heterocycles. The fourth-order valence-corrected chi connectivity index (χ4v) is 3.92. The van der Waals surface area contributed by atoms with Gasteiger partial charge in [0.25, 0.3) is 0 Å². The van der Waals surface area contributed by atoms with Crippen molar-refractivity contribution in [1.82, 2.24) is 5.32 Å². The fourth-order valence-electron chi connectivity index (χ4n) is 2.90. The van der Waals surface area contributed by atoms with Crippen molar-refractivity contribution in [2.45, 2.75) is 70.4 Å². The molecule has 19 heavy (non-hydrogen) atoms. The Kier molecular flexibility index (Phi) is 5.43. The van der Waals surface area contributed by atoms with Crippen LogP contribution in [0, 0.1) is 6.92 Å². The highest BCUT2D eigenvalue weighted by molar-refractivity contribution is 7.11. The molecule has 0 amide bonds. The Hall–Kier alpha value is -0.380. The van der Waals surface area contributed by atoms with E-state index in [-0.39, 0.29) is 0 Å². The highest BCUT2D eigenvalue weighted by Crippen LogP contribution is 2.26. The highest BCUT2D eigenvalue weighted by Gasteiger charge is 2.27. The molecule has 1 saturated carbocycles. The largest absolute Gasteiger partial charge is 0.389 e. The monoisotopic (exact) mass is 281 g/mol. The maximum absolute atomic E-state index is 10.6. The third-order valence-electron chi connectivity index (χ3n) is 4.12. The zero-order chi connectivity index (χ0) is 13.7. The van der Waals surface area contributed by atoms with E-state index in [0.717, 1.165) is 25.8 Å². The van der Waals surface area contributed by atoms with Crippen molar-refractivity contribution in [3.63, 3.8) is 0 Å². The van der Waals surface area contributed by atoms with Gasteiger partial charge in [-0.1, -0.05) is 25.7 Å². The molecule has 1 aliphatic rings. The lowest BCUT2D eigenvalue weighted by Crippen LogP contribution is -2.44.